The SMILES string of the molecule is O=C(C=Cc1cccc([N+](=O)[O-])c1)N1CCC2(O)CCCCC2C1. The molecule has 1 aliphatic heterocycles. The quantitative estimate of drug-likeness (QED) is 0.525. The van der Waals surface area contributed by atoms with Crippen LogP contribution in [0.5, 0.6) is 0 Å². The Bertz CT molecular complexity index is 673. The molecule has 2 fully saturated rings. The van der Waals surface area contributed by atoms with E-state index in [0.717, 1.165) is 25.7 Å². The van der Waals surface area contributed by atoms with Crippen LogP contribution in [0, 0.1) is 16.0 Å². The number of likely N-dealkylation sites (tertiary alicyclic amines) is 1. The zero-order valence-corrected chi connectivity index (χ0v) is 13.6. The Labute approximate surface area is 140 Å². The second-order valence-corrected chi connectivity index (χ2v) is 6.77. The maximum atomic E-state index is 12.4. The molecule has 1 heterocycles. The summed E-state index contributed by atoms with van der Waals surface area (Å²) in [6, 6.07) is 6.20. The van der Waals surface area contributed by atoms with Gasteiger partial charge in [-0.05, 0) is 30.9 Å². The zero-order chi connectivity index (χ0) is 17.2. The number of hydrogen-bond acceptors (Lipinski definition) is 4. The molecule has 0 radical (unpaired) electrons. The van der Waals surface area contributed by atoms with Crippen molar-refractivity contribution in [1.82, 2.24) is 4.90 Å². The van der Waals surface area contributed by atoms with Crippen molar-refractivity contribution in [3.63, 3.8) is 0 Å². The highest BCUT2D eigenvalue weighted by molar-refractivity contribution is 5.92. The van der Waals surface area contributed by atoms with Crippen molar-refractivity contribution in [3.8, 4) is 0 Å². The van der Waals surface area contributed by atoms with Crippen LogP contribution in [0.15, 0.2) is 30.3 Å². The Hall–Kier alpha value is -2.21. The molecule has 1 N–H and O–H groups in total. The highest BCUT2D eigenvalue weighted by atomic mass is 16.6. The number of nitrogens with zero attached hydrogens (tertiary/aromatic N) is 2. The third-order valence-electron chi connectivity index (χ3n) is 5.24. The number of carbonyl (C=O) groups is 1. The summed E-state index contributed by atoms with van der Waals surface area (Å²) in [7, 11) is 0. The summed E-state index contributed by atoms with van der Waals surface area (Å²) in [6.07, 6.45) is 7.68. The average molecular weight is 330 g/mol. The maximum absolute atomic E-state index is 12.4. The lowest BCUT2D eigenvalue weighted by Gasteiger charge is -2.47. The molecule has 1 amide bonds. The molecule has 0 aromatic heterocycles. The van der Waals surface area contributed by atoms with Crippen molar-refractivity contribution in [2.75, 3.05) is 13.1 Å². The Morgan fingerprint density at radius 3 is 3.00 bits per heavy atom. The average Bonchev–Trinajstić information content (AvgIpc) is 2.59. The van der Waals surface area contributed by atoms with Crippen molar-refractivity contribution in [3.05, 3.63) is 46.0 Å². The number of nitro groups is 1. The van der Waals surface area contributed by atoms with Gasteiger partial charge in [-0.15, -0.1) is 0 Å². The van der Waals surface area contributed by atoms with Crippen LogP contribution in [0.25, 0.3) is 6.08 Å². The van der Waals surface area contributed by atoms with Gasteiger partial charge in [-0.3, -0.25) is 14.9 Å². The number of nitro benzene ring substituents is 1. The lowest BCUT2D eigenvalue weighted by atomic mass is 9.71. The molecule has 3 rings (SSSR count). The third kappa shape index (κ3) is 3.48. The van der Waals surface area contributed by atoms with Crippen LogP contribution in [0.2, 0.25) is 0 Å². The lowest BCUT2D eigenvalue weighted by Crippen LogP contribution is -2.54. The molecule has 24 heavy (non-hydrogen) atoms. The molecule has 0 spiro atoms. The Balaban J connectivity index is 1.65. The smallest absolute Gasteiger partial charge is 0.270 e. The van der Waals surface area contributed by atoms with Crippen molar-refractivity contribution < 1.29 is 14.8 Å². The number of fused-ring (bicyclic) bond motifs is 1. The summed E-state index contributed by atoms with van der Waals surface area (Å²) in [6.45, 7) is 1.15. The van der Waals surface area contributed by atoms with Crippen molar-refractivity contribution in [1.29, 1.82) is 0 Å². The molecule has 1 aromatic rings. The molecular formula is C18H22N2O4. The van der Waals surface area contributed by atoms with Crippen LogP contribution in [-0.2, 0) is 4.79 Å². The van der Waals surface area contributed by atoms with E-state index in [9.17, 15) is 20.0 Å². The molecule has 1 saturated heterocycles. The molecule has 128 valence electrons. The van der Waals surface area contributed by atoms with Gasteiger partial charge in [-0.2, -0.15) is 0 Å². The molecule has 6 heteroatoms. The molecular weight excluding hydrogens is 308 g/mol. The summed E-state index contributed by atoms with van der Waals surface area (Å²) in [4.78, 5) is 24.5. The minimum Gasteiger partial charge on any atom is -0.389 e. The van der Waals surface area contributed by atoms with Gasteiger partial charge in [-0.1, -0.05) is 25.0 Å². The van der Waals surface area contributed by atoms with Crippen LogP contribution < -0.4 is 0 Å². The zero-order valence-electron chi connectivity index (χ0n) is 13.6. The fourth-order valence-corrected chi connectivity index (χ4v) is 3.79. The summed E-state index contributed by atoms with van der Waals surface area (Å²) < 4.78 is 0. The van der Waals surface area contributed by atoms with Gasteiger partial charge in [-0.25, -0.2) is 0 Å². The molecule has 1 aliphatic carbocycles. The predicted molar refractivity (Wildman–Crippen MR) is 90.2 cm³/mol. The largest absolute Gasteiger partial charge is 0.389 e. The number of non-ortho nitro benzene ring substituents is 1. The first-order valence-electron chi connectivity index (χ1n) is 8.42. The van der Waals surface area contributed by atoms with Crippen LogP contribution in [0.4, 0.5) is 5.69 Å². The standard InChI is InChI=1S/C18H22N2O4/c21-17(8-7-14-4-3-6-16(12-14)20(23)24)19-11-10-18(22)9-2-1-5-15(18)13-19/h3-4,6-8,12,15,22H,1-2,5,9-11,13H2. The topological polar surface area (TPSA) is 83.7 Å². The van der Waals surface area contributed by atoms with Crippen molar-refractivity contribution in [2.45, 2.75) is 37.7 Å². The number of rotatable bonds is 3. The highest BCUT2D eigenvalue weighted by Gasteiger charge is 2.43. The van der Waals surface area contributed by atoms with E-state index >= 15 is 0 Å². The first-order chi connectivity index (χ1) is 11.5. The minimum absolute atomic E-state index is 0.00911. The molecule has 6 nitrogen and oxygen atoms in total. The van der Waals surface area contributed by atoms with Crippen molar-refractivity contribution >= 4 is 17.7 Å². The fourth-order valence-electron chi connectivity index (χ4n) is 3.79. The number of carbonyl (C=O) groups excluding carboxylic acids is 1. The second kappa shape index (κ2) is 6.73. The molecule has 1 saturated carbocycles. The van der Waals surface area contributed by atoms with Crippen LogP contribution in [0.1, 0.15) is 37.7 Å². The van der Waals surface area contributed by atoms with Gasteiger partial charge in [0.25, 0.3) is 5.69 Å². The van der Waals surface area contributed by atoms with E-state index in [1.807, 2.05) is 0 Å². The Kier molecular flexibility index (Phi) is 4.66. The molecule has 2 aliphatic rings. The number of benzene rings is 1. The Morgan fingerprint density at radius 1 is 1.38 bits per heavy atom. The predicted octanol–water partition coefficient (Wildman–Crippen LogP) is 2.76. The lowest BCUT2D eigenvalue weighted by molar-refractivity contribution is -0.384. The molecule has 2 unspecified atom stereocenters. The number of aliphatic hydroxyl groups is 1. The molecule has 2 atom stereocenters. The van der Waals surface area contributed by atoms with Gasteiger partial charge in [0.15, 0.2) is 0 Å². The fraction of sp³-hybridized carbons (Fsp3) is 0.500. The minimum atomic E-state index is -0.598. The van der Waals surface area contributed by atoms with E-state index < -0.39 is 10.5 Å². The van der Waals surface area contributed by atoms with Crippen LogP contribution in [-0.4, -0.2) is 39.5 Å². The van der Waals surface area contributed by atoms with Gasteiger partial charge in [0, 0.05) is 37.2 Å². The Morgan fingerprint density at radius 2 is 2.21 bits per heavy atom. The van der Waals surface area contributed by atoms with Gasteiger partial charge in [0.1, 0.15) is 0 Å². The molecule has 0 bridgehead atoms. The maximum Gasteiger partial charge on any atom is 0.270 e. The molecule has 1 aromatic carbocycles. The first-order valence-corrected chi connectivity index (χ1v) is 8.42. The second-order valence-electron chi connectivity index (χ2n) is 6.77. The number of piperidine rings is 1. The third-order valence-corrected chi connectivity index (χ3v) is 5.24. The van der Waals surface area contributed by atoms with E-state index in [-0.39, 0.29) is 17.5 Å². The van der Waals surface area contributed by atoms with Gasteiger partial charge in [0.2, 0.25) is 5.91 Å². The van der Waals surface area contributed by atoms with E-state index in [4.69, 9.17) is 0 Å². The number of amides is 1. The summed E-state index contributed by atoms with van der Waals surface area (Å²) >= 11 is 0. The van der Waals surface area contributed by atoms with E-state index in [2.05, 4.69) is 0 Å². The first kappa shape index (κ1) is 16.6. The normalized spacial score (nSPS) is 27.0. The van der Waals surface area contributed by atoms with Gasteiger partial charge in [0.05, 0.1) is 10.5 Å². The summed E-state index contributed by atoms with van der Waals surface area (Å²) in [5.41, 5.74) is 0.0391. The van der Waals surface area contributed by atoms with Crippen LogP contribution >= 0.6 is 0 Å². The monoisotopic (exact) mass is 330 g/mol. The van der Waals surface area contributed by atoms with Crippen molar-refractivity contribution in [2.24, 2.45) is 5.92 Å². The van der Waals surface area contributed by atoms with E-state index in [1.54, 1.807) is 23.1 Å². The number of hydrogen-bond donors (Lipinski definition) is 1. The van der Waals surface area contributed by atoms with E-state index in [0.29, 0.717) is 25.1 Å². The summed E-state index contributed by atoms with van der Waals surface area (Å²) in [5, 5.41) is 21.4. The van der Waals surface area contributed by atoms with E-state index in [1.165, 1.54) is 18.2 Å². The summed E-state index contributed by atoms with van der Waals surface area (Å²) in [5.74, 6) is 0.0595. The van der Waals surface area contributed by atoms with Gasteiger partial charge < -0.3 is 10.0 Å². The van der Waals surface area contributed by atoms with Crippen LogP contribution in [0.3, 0.4) is 0 Å². The highest BCUT2D eigenvalue weighted by Crippen LogP contribution is 2.39. The van der Waals surface area contributed by atoms with Gasteiger partial charge >= 0.3 is 0 Å².